The molecule has 8 heteroatoms. The maximum absolute atomic E-state index is 12.7. The lowest BCUT2D eigenvalue weighted by Gasteiger charge is -2.17. The average molecular weight is 416 g/mol. The maximum Gasteiger partial charge on any atom is 0.416 e. The van der Waals surface area contributed by atoms with Gasteiger partial charge in [0.05, 0.1) is 25.1 Å². The molecule has 3 rings (SSSR count). The van der Waals surface area contributed by atoms with Gasteiger partial charge in [-0.2, -0.15) is 13.2 Å². The fourth-order valence-electron chi connectivity index (χ4n) is 3.11. The number of anilines is 1. The monoisotopic (exact) mass is 416 g/mol. The molecule has 30 heavy (non-hydrogen) atoms. The van der Waals surface area contributed by atoms with Crippen molar-refractivity contribution in [3.05, 3.63) is 59.7 Å². The van der Waals surface area contributed by atoms with Gasteiger partial charge in [-0.05, 0) is 30.3 Å². The Morgan fingerprint density at radius 1 is 1.23 bits per heavy atom. The van der Waals surface area contributed by atoms with Crippen LogP contribution in [-0.2, 0) is 15.8 Å². The molecule has 5 nitrogen and oxygen atoms in total. The lowest BCUT2D eigenvalue weighted by molar-refractivity contribution is -0.137. The number of benzene rings is 2. The minimum Gasteiger partial charge on any atom is -0.497 e. The Hall–Kier alpha value is -3.47. The van der Waals surface area contributed by atoms with Gasteiger partial charge in [0.1, 0.15) is 5.75 Å². The van der Waals surface area contributed by atoms with Crippen LogP contribution in [-0.4, -0.2) is 32.0 Å². The third-order valence-electron chi connectivity index (χ3n) is 4.63. The Labute approximate surface area is 171 Å². The van der Waals surface area contributed by atoms with E-state index >= 15 is 0 Å². The summed E-state index contributed by atoms with van der Waals surface area (Å²) in [5, 5.41) is 2.62. The number of halogens is 3. The maximum atomic E-state index is 12.7. The number of carbonyl (C=O) groups is 2. The summed E-state index contributed by atoms with van der Waals surface area (Å²) in [5.74, 6) is 4.83. The van der Waals surface area contributed by atoms with Crippen LogP contribution in [0.5, 0.6) is 5.75 Å². The summed E-state index contributed by atoms with van der Waals surface area (Å²) >= 11 is 0. The zero-order chi connectivity index (χ0) is 21.7. The summed E-state index contributed by atoms with van der Waals surface area (Å²) < 4.78 is 43.3. The fourth-order valence-corrected chi connectivity index (χ4v) is 3.11. The molecule has 0 aliphatic carbocycles. The molecule has 1 atom stereocenters. The highest BCUT2D eigenvalue weighted by Gasteiger charge is 2.35. The molecule has 1 aliphatic heterocycles. The van der Waals surface area contributed by atoms with Gasteiger partial charge in [0.25, 0.3) is 0 Å². The standard InChI is InChI=1S/C22H19F3N2O3/c1-30-19-9-3-8-18(13-19)27-14-16(12-20(27)28)21(29)26-10-4-6-15-5-2-7-17(11-15)22(23,24)25/h2-3,5,7-9,11,13,16H,10,12,14H2,1H3,(H,26,29). The van der Waals surface area contributed by atoms with Crippen molar-refractivity contribution in [2.45, 2.75) is 12.6 Å². The van der Waals surface area contributed by atoms with Crippen molar-refractivity contribution in [2.75, 3.05) is 25.1 Å². The fraction of sp³-hybridized carbons (Fsp3) is 0.273. The van der Waals surface area contributed by atoms with Crippen LogP contribution >= 0.6 is 0 Å². The number of rotatable bonds is 4. The zero-order valence-electron chi connectivity index (χ0n) is 16.1. The van der Waals surface area contributed by atoms with Crippen molar-refractivity contribution in [3.63, 3.8) is 0 Å². The Morgan fingerprint density at radius 3 is 2.73 bits per heavy atom. The van der Waals surface area contributed by atoms with E-state index in [0.717, 1.165) is 12.1 Å². The summed E-state index contributed by atoms with van der Waals surface area (Å²) in [4.78, 5) is 26.2. The molecule has 1 aliphatic rings. The highest BCUT2D eigenvalue weighted by molar-refractivity contribution is 6.00. The summed E-state index contributed by atoms with van der Waals surface area (Å²) in [6.07, 6.45) is -4.36. The molecule has 0 spiro atoms. The number of methoxy groups -OCH3 is 1. The van der Waals surface area contributed by atoms with Crippen LogP contribution in [0.1, 0.15) is 17.5 Å². The van der Waals surface area contributed by atoms with Crippen LogP contribution in [0.15, 0.2) is 48.5 Å². The number of nitrogens with one attached hydrogen (secondary N) is 1. The number of hydrogen-bond donors (Lipinski definition) is 1. The first-order chi connectivity index (χ1) is 14.3. The lowest BCUT2D eigenvalue weighted by Crippen LogP contribution is -2.33. The van der Waals surface area contributed by atoms with E-state index in [1.807, 2.05) is 0 Å². The first kappa shape index (κ1) is 21.2. The van der Waals surface area contributed by atoms with Gasteiger partial charge in [0.2, 0.25) is 11.8 Å². The molecule has 0 saturated carbocycles. The summed E-state index contributed by atoms with van der Waals surface area (Å²) in [6, 6.07) is 11.7. The molecule has 0 bridgehead atoms. The van der Waals surface area contributed by atoms with Gasteiger partial charge < -0.3 is 15.0 Å². The molecular weight excluding hydrogens is 397 g/mol. The third kappa shape index (κ3) is 5.11. The molecule has 0 aromatic heterocycles. The lowest BCUT2D eigenvalue weighted by atomic mass is 10.1. The van der Waals surface area contributed by atoms with E-state index < -0.39 is 17.7 Å². The summed E-state index contributed by atoms with van der Waals surface area (Å²) in [7, 11) is 1.53. The highest BCUT2D eigenvalue weighted by Crippen LogP contribution is 2.29. The van der Waals surface area contributed by atoms with Crippen molar-refractivity contribution < 1.29 is 27.5 Å². The molecule has 1 unspecified atom stereocenters. The molecule has 156 valence electrons. The van der Waals surface area contributed by atoms with E-state index in [1.165, 1.54) is 24.1 Å². The Balaban J connectivity index is 1.56. The van der Waals surface area contributed by atoms with E-state index in [1.54, 1.807) is 24.3 Å². The van der Waals surface area contributed by atoms with Gasteiger partial charge in [-0.25, -0.2) is 0 Å². The molecule has 0 radical (unpaired) electrons. The SMILES string of the molecule is COc1cccc(N2CC(C(=O)NCC#Cc3cccc(C(F)(F)F)c3)CC2=O)c1. The van der Waals surface area contributed by atoms with E-state index in [0.29, 0.717) is 11.4 Å². The van der Waals surface area contributed by atoms with Crippen molar-refractivity contribution >= 4 is 17.5 Å². The molecule has 1 N–H and O–H groups in total. The van der Waals surface area contributed by atoms with Crippen molar-refractivity contribution in [2.24, 2.45) is 5.92 Å². The molecule has 1 saturated heterocycles. The Kier molecular flexibility index (Phi) is 6.31. The quantitative estimate of drug-likeness (QED) is 0.779. The zero-order valence-corrected chi connectivity index (χ0v) is 16.1. The van der Waals surface area contributed by atoms with Crippen LogP contribution in [0, 0.1) is 17.8 Å². The van der Waals surface area contributed by atoms with Gasteiger partial charge >= 0.3 is 6.18 Å². The topological polar surface area (TPSA) is 58.6 Å². The van der Waals surface area contributed by atoms with Crippen LogP contribution in [0.3, 0.4) is 0 Å². The van der Waals surface area contributed by atoms with Crippen molar-refractivity contribution in [3.8, 4) is 17.6 Å². The number of ether oxygens (including phenoxy) is 1. The van der Waals surface area contributed by atoms with Crippen molar-refractivity contribution in [1.29, 1.82) is 0 Å². The number of alkyl halides is 3. The second kappa shape index (κ2) is 8.91. The second-order valence-corrected chi connectivity index (χ2v) is 6.71. The number of nitrogens with zero attached hydrogens (tertiary/aromatic N) is 1. The van der Waals surface area contributed by atoms with Gasteiger partial charge in [-0.15, -0.1) is 0 Å². The van der Waals surface area contributed by atoms with Crippen LogP contribution in [0.25, 0.3) is 0 Å². The van der Waals surface area contributed by atoms with Crippen LogP contribution < -0.4 is 15.0 Å². The van der Waals surface area contributed by atoms with Gasteiger partial charge in [-0.1, -0.05) is 24.0 Å². The predicted octanol–water partition coefficient (Wildman–Crippen LogP) is 3.23. The van der Waals surface area contributed by atoms with Gasteiger partial charge in [0.15, 0.2) is 0 Å². The predicted molar refractivity (Wildman–Crippen MR) is 105 cm³/mol. The average Bonchev–Trinajstić information content (AvgIpc) is 3.12. The third-order valence-corrected chi connectivity index (χ3v) is 4.63. The molecule has 2 aromatic rings. The summed E-state index contributed by atoms with van der Waals surface area (Å²) in [6.45, 7) is 0.206. The molecular formula is C22H19F3N2O3. The number of carbonyl (C=O) groups excluding carboxylic acids is 2. The number of amides is 2. The normalized spacial score (nSPS) is 16.1. The first-order valence-corrected chi connectivity index (χ1v) is 9.16. The summed E-state index contributed by atoms with van der Waals surface area (Å²) in [5.41, 5.74) is 0.0822. The highest BCUT2D eigenvalue weighted by atomic mass is 19.4. The smallest absolute Gasteiger partial charge is 0.416 e. The molecule has 2 aromatic carbocycles. The van der Waals surface area contributed by atoms with E-state index in [4.69, 9.17) is 4.74 Å². The van der Waals surface area contributed by atoms with Gasteiger partial charge in [-0.3, -0.25) is 9.59 Å². The van der Waals surface area contributed by atoms with E-state index in [9.17, 15) is 22.8 Å². The molecule has 1 heterocycles. The molecule has 2 amide bonds. The van der Waals surface area contributed by atoms with Gasteiger partial charge in [0, 0.05) is 30.3 Å². The van der Waals surface area contributed by atoms with Crippen molar-refractivity contribution in [1.82, 2.24) is 5.32 Å². The first-order valence-electron chi connectivity index (χ1n) is 9.16. The molecule has 1 fully saturated rings. The minimum absolute atomic E-state index is 0.0288. The van der Waals surface area contributed by atoms with Crippen LogP contribution in [0.2, 0.25) is 0 Å². The van der Waals surface area contributed by atoms with E-state index in [2.05, 4.69) is 17.2 Å². The Bertz CT molecular complexity index is 1010. The largest absolute Gasteiger partial charge is 0.497 e. The Morgan fingerprint density at radius 2 is 2.00 bits per heavy atom. The minimum atomic E-state index is -4.43. The second-order valence-electron chi connectivity index (χ2n) is 6.71. The van der Waals surface area contributed by atoms with Crippen LogP contribution in [0.4, 0.5) is 18.9 Å². The number of hydrogen-bond acceptors (Lipinski definition) is 3. The van der Waals surface area contributed by atoms with E-state index in [-0.39, 0.29) is 36.9 Å².